The summed E-state index contributed by atoms with van der Waals surface area (Å²) in [5.74, 6) is 1.18. The highest BCUT2D eigenvalue weighted by Gasteiger charge is 2.24. The molecule has 7 heteroatoms. The van der Waals surface area contributed by atoms with Crippen molar-refractivity contribution >= 4 is 33.9 Å². The molecule has 0 saturated heterocycles. The monoisotopic (exact) mass is 388 g/mol. The molecular formula is C19H21ClN4OS. The maximum atomic E-state index is 12.8. The molecule has 0 bridgehead atoms. The molecule has 26 heavy (non-hydrogen) atoms. The lowest BCUT2D eigenvalue weighted by molar-refractivity contribution is 0.465. The van der Waals surface area contributed by atoms with E-state index in [-0.39, 0.29) is 5.03 Å². The SMILES string of the molecule is CCN(CC)C1=N/C(=C(/N)S(=O)c2ccccc2)Nc2ccc(Cl)cc21. The topological polar surface area (TPSA) is 70.7 Å². The summed E-state index contributed by atoms with van der Waals surface area (Å²) in [6.07, 6.45) is 0. The van der Waals surface area contributed by atoms with Crippen LogP contribution in [0, 0.1) is 0 Å². The van der Waals surface area contributed by atoms with E-state index >= 15 is 0 Å². The van der Waals surface area contributed by atoms with E-state index in [4.69, 9.17) is 17.3 Å². The van der Waals surface area contributed by atoms with Gasteiger partial charge in [0.25, 0.3) is 0 Å². The van der Waals surface area contributed by atoms with Crippen LogP contribution in [-0.4, -0.2) is 28.0 Å². The van der Waals surface area contributed by atoms with Gasteiger partial charge in [0.05, 0.1) is 5.69 Å². The number of nitrogens with one attached hydrogen (secondary N) is 1. The Labute approximate surface area is 161 Å². The summed E-state index contributed by atoms with van der Waals surface area (Å²) in [7, 11) is -1.50. The second kappa shape index (κ2) is 7.93. The van der Waals surface area contributed by atoms with Gasteiger partial charge in [0, 0.05) is 28.6 Å². The van der Waals surface area contributed by atoms with Gasteiger partial charge in [0.1, 0.15) is 21.7 Å². The van der Waals surface area contributed by atoms with Crippen molar-refractivity contribution in [2.75, 3.05) is 18.4 Å². The average Bonchev–Trinajstić information content (AvgIpc) is 2.68. The molecule has 0 aliphatic carbocycles. The Kier molecular flexibility index (Phi) is 5.64. The fourth-order valence-corrected chi connectivity index (χ4v) is 3.87. The largest absolute Gasteiger partial charge is 0.388 e. The van der Waals surface area contributed by atoms with Crippen LogP contribution in [0.3, 0.4) is 0 Å². The summed E-state index contributed by atoms with van der Waals surface area (Å²) in [5, 5.41) is 4.03. The number of amidine groups is 1. The van der Waals surface area contributed by atoms with Gasteiger partial charge in [-0.15, -0.1) is 0 Å². The van der Waals surface area contributed by atoms with Gasteiger partial charge in [-0.25, -0.2) is 9.20 Å². The third kappa shape index (κ3) is 3.61. The minimum atomic E-state index is -1.50. The van der Waals surface area contributed by atoms with Crippen molar-refractivity contribution < 1.29 is 4.21 Å². The first-order valence-corrected chi connectivity index (χ1v) is 9.95. The van der Waals surface area contributed by atoms with E-state index in [1.807, 2.05) is 30.3 Å². The quantitative estimate of drug-likeness (QED) is 0.836. The summed E-state index contributed by atoms with van der Waals surface area (Å²) in [4.78, 5) is 7.45. The van der Waals surface area contributed by atoms with Crippen LogP contribution in [0.25, 0.3) is 0 Å². The predicted octanol–water partition coefficient (Wildman–Crippen LogP) is 3.75. The van der Waals surface area contributed by atoms with Crippen molar-refractivity contribution in [3.05, 3.63) is 70.0 Å². The molecule has 2 aromatic rings. The van der Waals surface area contributed by atoms with Crippen molar-refractivity contribution in [1.82, 2.24) is 4.90 Å². The van der Waals surface area contributed by atoms with E-state index in [0.29, 0.717) is 15.7 Å². The zero-order chi connectivity index (χ0) is 18.7. The van der Waals surface area contributed by atoms with E-state index in [2.05, 4.69) is 29.1 Å². The first-order chi connectivity index (χ1) is 12.5. The molecule has 1 heterocycles. The Bertz CT molecular complexity index is 892. The number of nitrogens with zero attached hydrogens (tertiary/aromatic N) is 2. The van der Waals surface area contributed by atoms with Crippen LogP contribution < -0.4 is 11.1 Å². The Hall–Kier alpha value is -2.31. The molecule has 1 unspecified atom stereocenters. The number of benzene rings is 2. The van der Waals surface area contributed by atoms with Crippen molar-refractivity contribution in [3.8, 4) is 0 Å². The molecule has 0 spiro atoms. The van der Waals surface area contributed by atoms with Crippen LogP contribution in [-0.2, 0) is 10.8 Å². The molecular weight excluding hydrogens is 368 g/mol. The van der Waals surface area contributed by atoms with Crippen LogP contribution in [0.4, 0.5) is 5.69 Å². The standard InChI is InChI=1S/C19H21ClN4OS/c1-3-24(4-2)19-15-12-13(20)10-11-16(15)22-18(23-19)17(21)26(25)14-8-6-5-7-9-14/h5-12,22H,3-4,21H2,1-2H3/b18-17-. The smallest absolute Gasteiger partial charge is 0.165 e. The van der Waals surface area contributed by atoms with Crippen molar-refractivity contribution in [2.24, 2.45) is 10.7 Å². The Morgan fingerprint density at radius 1 is 1.19 bits per heavy atom. The molecule has 2 aromatic carbocycles. The molecule has 0 saturated carbocycles. The summed E-state index contributed by atoms with van der Waals surface area (Å²) in [6.45, 7) is 5.70. The fraction of sp³-hybridized carbons (Fsp3) is 0.211. The third-order valence-electron chi connectivity index (χ3n) is 4.15. The van der Waals surface area contributed by atoms with Gasteiger partial charge in [-0.3, -0.25) is 0 Å². The first kappa shape index (κ1) is 18.5. The normalized spacial score (nSPS) is 16.2. The summed E-state index contributed by atoms with van der Waals surface area (Å²) >= 11 is 6.18. The first-order valence-electron chi connectivity index (χ1n) is 8.42. The molecule has 3 rings (SSSR count). The molecule has 0 radical (unpaired) electrons. The number of aliphatic imine (C=N–C) groups is 1. The lowest BCUT2D eigenvalue weighted by Crippen LogP contribution is -2.34. The molecule has 0 aromatic heterocycles. The van der Waals surface area contributed by atoms with Crippen LogP contribution in [0.1, 0.15) is 19.4 Å². The fourth-order valence-electron chi connectivity index (χ4n) is 2.77. The number of hydrogen-bond donors (Lipinski definition) is 2. The van der Waals surface area contributed by atoms with Crippen molar-refractivity contribution in [3.63, 3.8) is 0 Å². The lowest BCUT2D eigenvalue weighted by Gasteiger charge is -2.29. The Balaban J connectivity index is 2.10. The van der Waals surface area contributed by atoms with Gasteiger partial charge in [-0.1, -0.05) is 29.8 Å². The van der Waals surface area contributed by atoms with Crippen LogP contribution >= 0.6 is 11.6 Å². The van der Waals surface area contributed by atoms with Gasteiger partial charge >= 0.3 is 0 Å². The molecule has 1 aliphatic rings. The summed E-state index contributed by atoms with van der Waals surface area (Å²) in [6, 6.07) is 14.7. The number of halogens is 1. The molecule has 3 N–H and O–H groups in total. The van der Waals surface area contributed by atoms with Gasteiger partial charge in [0.15, 0.2) is 5.82 Å². The van der Waals surface area contributed by atoms with Gasteiger partial charge in [-0.2, -0.15) is 0 Å². The van der Waals surface area contributed by atoms with Crippen molar-refractivity contribution in [1.29, 1.82) is 0 Å². The second-order valence-corrected chi connectivity index (χ2v) is 7.60. The minimum Gasteiger partial charge on any atom is -0.388 e. The van der Waals surface area contributed by atoms with Crippen LogP contribution in [0.5, 0.6) is 0 Å². The molecule has 1 aliphatic heterocycles. The Morgan fingerprint density at radius 3 is 2.54 bits per heavy atom. The van der Waals surface area contributed by atoms with E-state index in [9.17, 15) is 4.21 Å². The minimum absolute atomic E-state index is 0.196. The average molecular weight is 389 g/mol. The molecule has 0 amide bonds. The zero-order valence-corrected chi connectivity index (χ0v) is 16.3. The van der Waals surface area contributed by atoms with Gasteiger partial charge in [-0.05, 0) is 44.2 Å². The number of rotatable bonds is 4. The molecule has 0 fully saturated rings. The predicted molar refractivity (Wildman–Crippen MR) is 109 cm³/mol. The lowest BCUT2D eigenvalue weighted by atomic mass is 10.1. The van der Waals surface area contributed by atoms with Crippen molar-refractivity contribution in [2.45, 2.75) is 18.7 Å². The summed E-state index contributed by atoms with van der Waals surface area (Å²) < 4.78 is 12.8. The van der Waals surface area contributed by atoms with E-state index in [1.54, 1.807) is 18.2 Å². The Morgan fingerprint density at radius 2 is 1.88 bits per heavy atom. The molecule has 5 nitrogen and oxygen atoms in total. The second-order valence-electron chi connectivity index (χ2n) is 5.72. The van der Waals surface area contributed by atoms with E-state index in [0.717, 1.165) is 30.2 Å². The number of nitrogens with two attached hydrogens (primary N) is 1. The van der Waals surface area contributed by atoms with Gasteiger partial charge < -0.3 is 16.0 Å². The molecule has 1 atom stereocenters. The number of hydrogen-bond acceptors (Lipinski definition) is 5. The van der Waals surface area contributed by atoms with Crippen LogP contribution in [0.15, 0.2) is 69.3 Å². The summed E-state index contributed by atoms with van der Waals surface area (Å²) in [5.41, 5.74) is 7.97. The molecule has 136 valence electrons. The third-order valence-corrected chi connectivity index (χ3v) is 5.67. The van der Waals surface area contributed by atoms with Gasteiger partial charge in [0.2, 0.25) is 0 Å². The number of fused-ring (bicyclic) bond motifs is 1. The zero-order valence-electron chi connectivity index (χ0n) is 14.7. The highest BCUT2D eigenvalue weighted by molar-refractivity contribution is 7.89. The maximum absolute atomic E-state index is 12.8. The number of anilines is 1. The van der Waals surface area contributed by atoms with E-state index < -0.39 is 10.8 Å². The highest BCUT2D eigenvalue weighted by Crippen LogP contribution is 2.30. The van der Waals surface area contributed by atoms with E-state index in [1.165, 1.54) is 0 Å². The maximum Gasteiger partial charge on any atom is 0.165 e. The highest BCUT2D eigenvalue weighted by atomic mass is 35.5. The van der Waals surface area contributed by atoms with Crippen LogP contribution in [0.2, 0.25) is 5.02 Å².